The molecule has 0 aliphatic carbocycles. The van der Waals surface area contributed by atoms with Crippen LogP contribution in [0.15, 0.2) is 24.3 Å². The van der Waals surface area contributed by atoms with Crippen molar-refractivity contribution in [1.29, 1.82) is 0 Å². The molecule has 0 saturated carbocycles. The molecule has 0 radical (unpaired) electrons. The maximum Gasteiger partial charge on any atom is 0.351 e. The second-order valence-corrected chi connectivity index (χ2v) is 7.43. The molecular formula is C22H24N2O8. The number of carbonyl (C=O) groups is 5. The molecule has 0 unspecified atom stereocenters. The largest absolute Gasteiger partial charge is 0.466 e. The minimum atomic E-state index is -1.97. The number of H-pyrrole nitrogens is 1. The Morgan fingerprint density at radius 3 is 2.28 bits per heavy atom. The predicted molar refractivity (Wildman–Crippen MR) is 110 cm³/mol. The molecule has 3 rings (SSSR count). The van der Waals surface area contributed by atoms with Gasteiger partial charge in [0.2, 0.25) is 12.2 Å². The van der Waals surface area contributed by atoms with E-state index in [4.69, 9.17) is 9.47 Å². The van der Waals surface area contributed by atoms with Crippen LogP contribution in [0.3, 0.4) is 0 Å². The molecule has 1 amide bonds. The first-order valence-electron chi connectivity index (χ1n) is 10.0. The van der Waals surface area contributed by atoms with Crippen molar-refractivity contribution in [3.63, 3.8) is 0 Å². The lowest BCUT2D eigenvalue weighted by Crippen LogP contribution is -2.52. The predicted octanol–water partition coefficient (Wildman–Crippen LogP) is 1.22. The normalized spacial score (nSPS) is 17.1. The third-order valence-electron chi connectivity index (χ3n) is 5.36. The fourth-order valence-corrected chi connectivity index (χ4v) is 3.93. The van der Waals surface area contributed by atoms with Gasteiger partial charge >= 0.3 is 17.9 Å². The van der Waals surface area contributed by atoms with Gasteiger partial charge in [-0.2, -0.15) is 0 Å². The average molecular weight is 444 g/mol. The van der Waals surface area contributed by atoms with E-state index >= 15 is 0 Å². The standard InChI is InChI=1S/C22H24N2O8/c1-11-17-15(14-7-5-6-8-16(14)23-17)9-10-24(11)21(28)18(27)19(31-12(2)25)20(22(29)30-4)32-13(3)26/h5-8,11,19-20,23H,9-10H2,1-4H3/t11-,19-,20-/m1/s1. The van der Waals surface area contributed by atoms with E-state index in [0.717, 1.165) is 43.1 Å². The molecule has 0 bridgehead atoms. The Morgan fingerprint density at radius 1 is 1.03 bits per heavy atom. The minimum Gasteiger partial charge on any atom is -0.466 e. The van der Waals surface area contributed by atoms with Crippen molar-refractivity contribution >= 4 is 40.5 Å². The molecule has 1 aliphatic rings. The molecule has 0 spiro atoms. The number of hydrogen-bond acceptors (Lipinski definition) is 8. The van der Waals surface area contributed by atoms with Gasteiger partial charge in [-0.25, -0.2) is 4.79 Å². The summed E-state index contributed by atoms with van der Waals surface area (Å²) in [6.45, 7) is 4.03. The number of ketones is 1. The number of Topliss-reactive ketones (excluding diaryl/α,β-unsaturated/α-hetero) is 1. The number of benzene rings is 1. The molecule has 0 fully saturated rings. The number of nitrogens with zero attached hydrogens (tertiary/aromatic N) is 1. The van der Waals surface area contributed by atoms with Gasteiger partial charge in [0.15, 0.2) is 0 Å². The van der Waals surface area contributed by atoms with Crippen molar-refractivity contribution in [1.82, 2.24) is 9.88 Å². The number of aromatic amines is 1. The molecule has 0 saturated heterocycles. The topological polar surface area (TPSA) is 132 Å². The van der Waals surface area contributed by atoms with E-state index in [2.05, 4.69) is 9.72 Å². The molecule has 2 aromatic rings. The molecule has 170 valence electrons. The summed E-state index contributed by atoms with van der Waals surface area (Å²) in [5, 5.41) is 1.05. The third-order valence-corrected chi connectivity index (χ3v) is 5.36. The van der Waals surface area contributed by atoms with E-state index in [1.54, 1.807) is 6.92 Å². The summed E-state index contributed by atoms with van der Waals surface area (Å²) in [6.07, 6.45) is -3.36. The van der Waals surface area contributed by atoms with Crippen LogP contribution in [-0.4, -0.2) is 65.3 Å². The fraction of sp³-hybridized carbons (Fsp3) is 0.409. The Hall–Kier alpha value is -3.69. The Morgan fingerprint density at radius 2 is 1.66 bits per heavy atom. The van der Waals surface area contributed by atoms with Crippen molar-refractivity contribution in [3.8, 4) is 0 Å². The Bertz CT molecular complexity index is 1090. The number of methoxy groups -OCH3 is 1. The van der Waals surface area contributed by atoms with Crippen LogP contribution in [0, 0.1) is 0 Å². The molecule has 1 aromatic carbocycles. The molecule has 10 nitrogen and oxygen atoms in total. The molecule has 1 aromatic heterocycles. The van der Waals surface area contributed by atoms with Gasteiger partial charge in [-0.15, -0.1) is 0 Å². The Kier molecular flexibility index (Phi) is 6.61. The summed E-state index contributed by atoms with van der Waals surface area (Å²) >= 11 is 0. The van der Waals surface area contributed by atoms with Gasteiger partial charge in [-0.05, 0) is 25.0 Å². The molecule has 1 aliphatic heterocycles. The fourth-order valence-electron chi connectivity index (χ4n) is 3.93. The maximum absolute atomic E-state index is 13.1. The van der Waals surface area contributed by atoms with Crippen LogP contribution in [0.1, 0.15) is 38.1 Å². The van der Waals surface area contributed by atoms with Gasteiger partial charge in [0.1, 0.15) is 0 Å². The zero-order valence-corrected chi connectivity index (χ0v) is 18.2. The van der Waals surface area contributed by atoms with Gasteiger partial charge in [-0.3, -0.25) is 19.2 Å². The van der Waals surface area contributed by atoms with Crippen molar-refractivity contribution < 1.29 is 38.2 Å². The number of para-hydroxylation sites is 1. The van der Waals surface area contributed by atoms with Crippen molar-refractivity contribution in [3.05, 3.63) is 35.5 Å². The molecule has 1 N–H and O–H groups in total. The summed E-state index contributed by atoms with van der Waals surface area (Å²) in [7, 11) is 1.01. The lowest BCUT2D eigenvalue weighted by atomic mass is 9.97. The number of amides is 1. The van der Waals surface area contributed by atoms with E-state index in [-0.39, 0.29) is 6.54 Å². The number of nitrogens with one attached hydrogen (secondary N) is 1. The monoisotopic (exact) mass is 444 g/mol. The Balaban J connectivity index is 1.91. The van der Waals surface area contributed by atoms with E-state index in [1.807, 2.05) is 24.3 Å². The number of carbonyl (C=O) groups excluding carboxylic acids is 5. The van der Waals surface area contributed by atoms with Crippen LogP contribution in [-0.2, 0) is 44.6 Å². The summed E-state index contributed by atoms with van der Waals surface area (Å²) in [6, 6.07) is 7.25. The quantitative estimate of drug-likeness (QED) is 0.400. The first kappa shape index (κ1) is 23.0. The molecule has 32 heavy (non-hydrogen) atoms. The van der Waals surface area contributed by atoms with E-state index in [1.165, 1.54) is 4.90 Å². The number of fused-ring (bicyclic) bond motifs is 3. The van der Waals surface area contributed by atoms with Gasteiger partial charge in [0, 0.05) is 37.0 Å². The lowest BCUT2D eigenvalue weighted by molar-refractivity contribution is -0.183. The molecular weight excluding hydrogens is 420 g/mol. The summed E-state index contributed by atoms with van der Waals surface area (Å²) in [5.74, 6) is -5.12. The van der Waals surface area contributed by atoms with Crippen molar-refractivity contribution in [2.75, 3.05) is 13.7 Å². The van der Waals surface area contributed by atoms with E-state index in [9.17, 15) is 24.0 Å². The first-order valence-corrected chi connectivity index (χ1v) is 10.0. The molecule has 3 atom stereocenters. The zero-order valence-electron chi connectivity index (χ0n) is 18.2. The van der Waals surface area contributed by atoms with Gasteiger partial charge in [0.05, 0.1) is 13.2 Å². The van der Waals surface area contributed by atoms with Crippen LogP contribution in [0.5, 0.6) is 0 Å². The third kappa shape index (κ3) is 4.34. The summed E-state index contributed by atoms with van der Waals surface area (Å²) in [5.41, 5.74) is 2.78. The molecule has 2 heterocycles. The van der Waals surface area contributed by atoms with Crippen LogP contribution >= 0.6 is 0 Å². The van der Waals surface area contributed by atoms with Gasteiger partial charge in [0.25, 0.3) is 11.7 Å². The second-order valence-electron chi connectivity index (χ2n) is 7.43. The highest BCUT2D eigenvalue weighted by Gasteiger charge is 2.45. The van der Waals surface area contributed by atoms with Crippen LogP contribution in [0.25, 0.3) is 10.9 Å². The average Bonchev–Trinajstić information content (AvgIpc) is 3.14. The smallest absolute Gasteiger partial charge is 0.351 e. The number of rotatable bonds is 6. The maximum atomic E-state index is 13.1. The number of aromatic nitrogens is 1. The van der Waals surface area contributed by atoms with Crippen molar-refractivity contribution in [2.45, 2.75) is 45.4 Å². The SMILES string of the molecule is COC(=O)[C@H](OC(C)=O)[C@H](OC(C)=O)C(=O)C(=O)N1CCc2c([nH]c3ccccc23)[C@H]1C. The number of hydrogen-bond donors (Lipinski definition) is 1. The summed E-state index contributed by atoms with van der Waals surface area (Å²) in [4.78, 5) is 66.0. The van der Waals surface area contributed by atoms with E-state index < -0.39 is 47.8 Å². The number of esters is 3. The minimum absolute atomic E-state index is 0.240. The first-order chi connectivity index (χ1) is 15.1. The van der Waals surface area contributed by atoms with Crippen LogP contribution < -0.4 is 0 Å². The highest BCUT2D eigenvalue weighted by molar-refractivity contribution is 6.38. The lowest BCUT2D eigenvalue weighted by Gasteiger charge is -2.34. The zero-order chi connectivity index (χ0) is 23.6. The summed E-state index contributed by atoms with van der Waals surface area (Å²) < 4.78 is 14.4. The van der Waals surface area contributed by atoms with E-state index in [0.29, 0.717) is 6.42 Å². The highest BCUT2D eigenvalue weighted by atomic mass is 16.6. The van der Waals surface area contributed by atoms with Gasteiger partial charge in [-0.1, -0.05) is 18.2 Å². The van der Waals surface area contributed by atoms with Gasteiger partial charge < -0.3 is 24.1 Å². The Labute approximate surface area is 183 Å². The van der Waals surface area contributed by atoms with Crippen LogP contribution in [0.4, 0.5) is 0 Å². The molecule has 10 heteroatoms. The highest BCUT2D eigenvalue weighted by Crippen LogP contribution is 2.34. The van der Waals surface area contributed by atoms with Crippen molar-refractivity contribution in [2.24, 2.45) is 0 Å². The number of ether oxygens (including phenoxy) is 3. The second kappa shape index (κ2) is 9.21. The van der Waals surface area contributed by atoms with Crippen LogP contribution in [0.2, 0.25) is 0 Å².